The van der Waals surface area contributed by atoms with Crippen LogP contribution in [0.1, 0.15) is 26.2 Å². The van der Waals surface area contributed by atoms with Crippen molar-refractivity contribution in [3.05, 3.63) is 0 Å². The molecule has 0 aromatic rings. The molecule has 0 aliphatic carbocycles. The molecule has 0 aliphatic rings. The summed E-state index contributed by atoms with van der Waals surface area (Å²) >= 11 is 0. The fourth-order valence-electron chi connectivity index (χ4n) is 1.56. The molecule has 0 aliphatic heterocycles. The van der Waals surface area contributed by atoms with Crippen LogP contribution in [0, 0.1) is 0 Å². The van der Waals surface area contributed by atoms with E-state index >= 15 is 0 Å². The van der Waals surface area contributed by atoms with Crippen LogP contribution in [0.2, 0.25) is 32.2 Å². The average Bonchev–Trinajstić information content (AvgIpc) is 2.06. The zero-order chi connectivity index (χ0) is 12.7. The van der Waals surface area contributed by atoms with Gasteiger partial charge in [0.25, 0.3) is 0 Å². The largest absolute Gasteiger partial charge is 0.436 e. The Labute approximate surface area is 103 Å². The standard InChI is InChI=1S/C11H28O3Si2/c1-6-7-9-13-10-8-11-16(5,12)14-15(2,3)4/h12H,6-11H2,1-5H3. The van der Waals surface area contributed by atoms with Crippen molar-refractivity contribution in [1.82, 2.24) is 0 Å². The Kier molecular flexibility index (Phi) is 7.75. The van der Waals surface area contributed by atoms with Crippen LogP contribution in [0.15, 0.2) is 0 Å². The lowest BCUT2D eigenvalue weighted by Crippen LogP contribution is -2.44. The molecular weight excluding hydrogens is 236 g/mol. The van der Waals surface area contributed by atoms with E-state index in [0.29, 0.717) is 0 Å². The van der Waals surface area contributed by atoms with E-state index in [-0.39, 0.29) is 0 Å². The van der Waals surface area contributed by atoms with Gasteiger partial charge in [-0.3, -0.25) is 0 Å². The monoisotopic (exact) mass is 264 g/mol. The Balaban J connectivity index is 3.58. The molecule has 5 heteroatoms. The summed E-state index contributed by atoms with van der Waals surface area (Å²) in [4.78, 5) is 10.1. The summed E-state index contributed by atoms with van der Waals surface area (Å²) in [6.45, 7) is 12.0. The molecule has 3 nitrogen and oxygen atoms in total. The van der Waals surface area contributed by atoms with Crippen LogP contribution in [0.3, 0.4) is 0 Å². The van der Waals surface area contributed by atoms with Gasteiger partial charge < -0.3 is 13.6 Å². The maximum Gasteiger partial charge on any atom is 0.322 e. The summed E-state index contributed by atoms with van der Waals surface area (Å²) in [6.07, 6.45) is 3.21. The topological polar surface area (TPSA) is 38.7 Å². The molecule has 0 bridgehead atoms. The Hall–Kier alpha value is 0.314. The average molecular weight is 265 g/mol. The number of ether oxygens (including phenoxy) is 1. The highest BCUT2D eigenvalue weighted by molar-refractivity contribution is 6.81. The van der Waals surface area contributed by atoms with Gasteiger partial charge in [-0.1, -0.05) is 13.3 Å². The Bertz CT molecular complexity index is 179. The predicted molar refractivity (Wildman–Crippen MR) is 73.4 cm³/mol. The second-order valence-electron chi connectivity index (χ2n) is 5.46. The number of unbranched alkanes of at least 4 members (excludes halogenated alkanes) is 1. The van der Waals surface area contributed by atoms with Crippen molar-refractivity contribution >= 4 is 16.9 Å². The highest BCUT2D eigenvalue weighted by Crippen LogP contribution is 2.17. The van der Waals surface area contributed by atoms with Gasteiger partial charge in [-0.2, -0.15) is 0 Å². The highest BCUT2D eigenvalue weighted by Gasteiger charge is 2.32. The lowest BCUT2D eigenvalue weighted by Gasteiger charge is -2.29. The zero-order valence-electron chi connectivity index (χ0n) is 11.5. The predicted octanol–water partition coefficient (Wildman–Crippen LogP) is 3.11. The van der Waals surface area contributed by atoms with Crippen LogP contribution in [0.4, 0.5) is 0 Å². The summed E-state index contributed by atoms with van der Waals surface area (Å²) in [5.74, 6) is 0. The van der Waals surface area contributed by atoms with E-state index in [9.17, 15) is 4.80 Å². The van der Waals surface area contributed by atoms with Gasteiger partial charge in [-0.05, 0) is 45.1 Å². The zero-order valence-corrected chi connectivity index (χ0v) is 13.5. The van der Waals surface area contributed by atoms with E-state index in [2.05, 4.69) is 26.6 Å². The number of hydrogen-bond donors (Lipinski definition) is 1. The highest BCUT2D eigenvalue weighted by atomic mass is 28.4. The molecule has 0 saturated heterocycles. The summed E-state index contributed by atoms with van der Waals surface area (Å²) in [5.41, 5.74) is 0. The van der Waals surface area contributed by atoms with Gasteiger partial charge in [0.15, 0.2) is 8.32 Å². The second-order valence-corrected chi connectivity index (χ2v) is 13.4. The van der Waals surface area contributed by atoms with Crippen molar-refractivity contribution in [1.29, 1.82) is 0 Å². The first-order chi connectivity index (χ1) is 7.27. The third kappa shape index (κ3) is 10.8. The third-order valence-corrected chi connectivity index (χ3v) is 7.59. The van der Waals surface area contributed by atoms with E-state index in [1.807, 2.05) is 6.55 Å². The Morgan fingerprint density at radius 2 is 1.56 bits per heavy atom. The number of hydrogen-bond acceptors (Lipinski definition) is 3. The molecule has 1 unspecified atom stereocenters. The van der Waals surface area contributed by atoms with Crippen LogP contribution in [-0.2, 0) is 8.85 Å². The molecule has 0 spiro atoms. The molecule has 0 aromatic heterocycles. The first-order valence-corrected chi connectivity index (χ1v) is 12.2. The van der Waals surface area contributed by atoms with Gasteiger partial charge in [0, 0.05) is 13.2 Å². The van der Waals surface area contributed by atoms with E-state index in [1.54, 1.807) is 0 Å². The van der Waals surface area contributed by atoms with E-state index in [1.165, 1.54) is 6.42 Å². The maximum absolute atomic E-state index is 10.1. The fourth-order valence-corrected chi connectivity index (χ4v) is 8.05. The molecule has 16 heavy (non-hydrogen) atoms. The van der Waals surface area contributed by atoms with Crippen LogP contribution >= 0.6 is 0 Å². The van der Waals surface area contributed by atoms with E-state index in [0.717, 1.165) is 32.1 Å². The Morgan fingerprint density at radius 1 is 1.00 bits per heavy atom. The molecule has 98 valence electrons. The maximum atomic E-state index is 10.1. The van der Waals surface area contributed by atoms with Gasteiger partial charge in [0.1, 0.15) is 0 Å². The van der Waals surface area contributed by atoms with E-state index < -0.39 is 16.9 Å². The minimum atomic E-state index is -2.43. The summed E-state index contributed by atoms with van der Waals surface area (Å²) in [6, 6.07) is 0.781. The molecular formula is C11H28O3Si2. The lowest BCUT2D eigenvalue weighted by atomic mass is 10.4. The molecule has 0 aromatic carbocycles. The molecule has 0 rings (SSSR count). The van der Waals surface area contributed by atoms with Gasteiger partial charge in [0.2, 0.25) is 0 Å². The van der Waals surface area contributed by atoms with Crippen molar-refractivity contribution in [2.24, 2.45) is 0 Å². The quantitative estimate of drug-likeness (QED) is 0.514. The summed E-state index contributed by atoms with van der Waals surface area (Å²) in [5, 5.41) is 0. The van der Waals surface area contributed by atoms with Crippen LogP contribution in [0.5, 0.6) is 0 Å². The van der Waals surface area contributed by atoms with Crippen molar-refractivity contribution in [2.45, 2.75) is 58.4 Å². The molecule has 1 N–H and O–H groups in total. The van der Waals surface area contributed by atoms with Gasteiger partial charge >= 0.3 is 8.56 Å². The molecule has 1 atom stereocenters. The van der Waals surface area contributed by atoms with Crippen LogP contribution in [0.25, 0.3) is 0 Å². The summed E-state index contributed by atoms with van der Waals surface area (Å²) < 4.78 is 11.3. The van der Waals surface area contributed by atoms with Crippen molar-refractivity contribution in [3.8, 4) is 0 Å². The molecule has 0 heterocycles. The minimum Gasteiger partial charge on any atom is -0.436 e. The first-order valence-electron chi connectivity index (χ1n) is 6.27. The van der Waals surface area contributed by atoms with Crippen LogP contribution in [-0.4, -0.2) is 34.9 Å². The third-order valence-electron chi connectivity index (χ3n) is 2.10. The van der Waals surface area contributed by atoms with Gasteiger partial charge in [-0.15, -0.1) is 0 Å². The lowest BCUT2D eigenvalue weighted by molar-refractivity contribution is 0.130. The normalized spacial score (nSPS) is 16.1. The molecule has 0 amide bonds. The first kappa shape index (κ1) is 16.3. The van der Waals surface area contributed by atoms with E-state index in [4.69, 9.17) is 8.85 Å². The number of rotatable bonds is 9. The van der Waals surface area contributed by atoms with Crippen LogP contribution < -0.4 is 0 Å². The molecule has 0 fully saturated rings. The molecule has 0 saturated carbocycles. The second kappa shape index (κ2) is 7.60. The summed E-state index contributed by atoms with van der Waals surface area (Å²) in [7, 11) is -4.03. The minimum absolute atomic E-state index is 0.748. The smallest absolute Gasteiger partial charge is 0.322 e. The SMILES string of the molecule is CCCCOCCC[Si](C)(O)O[Si](C)(C)C. The fraction of sp³-hybridized carbons (Fsp3) is 1.00. The Morgan fingerprint density at radius 3 is 2.06 bits per heavy atom. The van der Waals surface area contributed by atoms with Crippen molar-refractivity contribution in [3.63, 3.8) is 0 Å². The molecule has 0 radical (unpaired) electrons. The van der Waals surface area contributed by atoms with Gasteiger partial charge in [-0.25, -0.2) is 0 Å². The van der Waals surface area contributed by atoms with Crippen molar-refractivity contribution in [2.75, 3.05) is 13.2 Å². The van der Waals surface area contributed by atoms with Crippen molar-refractivity contribution < 1.29 is 13.6 Å². The van der Waals surface area contributed by atoms with Gasteiger partial charge in [0.05, 0.1) is 0 Å².